The number of carbonyl (C=O) groups is 1. The van der Waals surface area contributed by atoms with Crippen LogP contribution in [0.3, 0.4) is 0 Å². The third kappa shape index (κ3) is 3.54. The average molecular weight is 338 g/mol. The molecule has 1 aliphatic carbocycles. The fraction of sp³-hybridized carbons (Fsp3) is 0.400. The smallest absolute Gasteiger partial charge is 0.287 e. The van der Waals surface area contributed by atoms with Crippen LogP contribution in [-0.2, 0) is 10.0 Å². The molecule has 2 aromatic rings. The van der Waals surface area contributed by atoms with Gasteiger partial charge in [-0.25, -0.2) is 13.6 Å². The topological polar surface area (TPSA) is 123 Å². The van der Waals surface area contributed by atoms with E-state index in [-0.39, 0.29) is 28.7 Å². The van der Waals surface area contributed by atoms with E-state index in [2.05, 4.69) is 5.32 Å². The molecule has 1 fully saturated rings. The summed E-state index contributed by atoms with van der Waals surface area (Å²) in [6.07, 6.45) is 2.50. The molecule has 0 bridgehead atoms. The Morgan fingerprint density at radius 2 is 1.91 bits per heavy atom. The Bertz CT molecular complexity index is 835. The van der Waals surface area contributed by atoms with Gasteiger partial charge in [0.15, 0.2) is 5.76 Å². The van der Waals surface area contributed by atoms with Gasteiger partial charge in [-0.3, -0.25) is 4.79 Å². The number of sulfonamides is 1. The molecule has 4 N–H and O–H groups in total. The van der Waals surface area contributed by atoms with Crippen molar-refractivity contribution in [2.75, 3.05) is 0 Å². The van der Waals surface area contributed by atoms with Gasteiger partial charge in [0.1, 0.15) is 5.58 Å². The van der Waals surface area contributed by atoms with Gasteiger partial charge in [0.2, 0.25) is 10.0 Å². The highest BCUT2D eigenvalue weighted by Gasteiger charge is 2.23. The number of fused-ring (bicyclic) bond motifs is 1. The molecule has 7 nitrogen and oxygen atoms in total. The number of aliphatic hydroxyl groups excluding tert-OH is 1. The zero-order valence-electron chi connectivity index (χ0n) is 12.4. The van der Waals surface area contributed by atoms with E-state index < -0.39 is 10.0 Å². The summed E-state index contributed by atoms with van der Waals surface area (Å²) in [5, 5.41) is 17.9. The van der Waals surface area contributed by atoms with Crippen LogP contribution in [0.25, 0.3) is 11.0 Å². The Hall–Kier alpha value is -1.90. The molecular weight excluding hydrogens is 320 g/mol. The molecule has 1 saturated carbocycles. The van der Waals surface area contributed by atoms with Crippen LogP contribution in [0, 0.1) is 0 Å². The second-order valence-electron chi connectivity index (χ2n) is 5.83. The van der Waals surface area contributed by atoms with E-state index >= 15 is 0 Å². The Balaban J connectivity index is 1.78. The lowest BCUT2D eigenvalue weighted by molar-refractivity contribution is 0.0845. The number of hydrogen-bond donors (Lipinski definition) is 3. The van der Waals surface area contributed by atoms with E-state index in [9.17, 15) is 18.3 Å². The van der Waals surface area contributed by atoms with Crippen molar-refractivity contribution in [2.45, 2.75) is 42.7 Å². The second-order valence-corrected chi connectivity index (χ2v) is 7.40. The molecule has 1 heterocycles. The molecule has 0 spiro atoms. The number of nitrogens with one attached hydrogen (secondary N) is 1. The summed E-state index contributed by atoms with van der Waals surface area (Å²) in [5.74, 6) is -0.225. The Morgan fingerprint density at radius 3 is 2.57 bits per heavy atom. The molecule has 124 valence electrons. The number of carbonyl (C=O) groups excluding carboxylic acids is 1. The van der Waals surface area contributed by atoms with Gasteiger partial charge in [-0.15, -0.1) is 0 Å². The van der Waals surface area contributed by atoms with E-state index in [0.29, 0.717) is 23.8 Å². The second kappa shape index (κ2) is 5.95. The SMILES string of the molecule is NS(=O)(=O)c1ccc2oc(C(=O)NC3CCC(O)CC3)cc2c1. The first-order valence-electron chi connectivity index (χ1n) is 7.38. The van der Waals surface area contributed by atoms with Crippen LogP contribution in [0.15, 0.2) is 33.6 Å². The maximum absolute atomic E-state index is 12.2. The molecule has 1 aliphatic rings. The van der Waals surface area contributed by atoms with E-state index in [1.54, 1.807) is 0 Å². The van der Waals surface area contributed by atoms with Gasteiger partial charge in [-0.2, -0.15) is 0 Å². The zero-order chi connectivity index (χ0) is 16.6. The number of hydrogen-bond acceptors (Lipinski definition) is 5. The molecule has 3 rings (SSSR count). The number of primary sulfonamides is 1. The molecule has 0 saturated heterocycles. The Morgan fingerprint density at radius 1 is 1.22 bits per heavy atom. The van der Waals surface area contributed by atoms with Crippen LogP contribution in [0.2, 0.25) is 0 Å². The lowest BCUT2D eigenvalue weighted by Crippen LogP contribution is -2.38. The summed E-state index contributed by atoms with van der Waals surface area (Å²) in [7, 11) is -3.80. The first kappa shape index (κ1) is 16.0. The molecule has 23 heavy (non-hydrogen) atoms. The Kier molecular flexibility index (Phi) is 4.13. The highest BCUT2D eigenvalue weighted by atomic mass is 32.2. The van der Waals surface area contributed by atoms with Crippen LogP contribution in [0.1, 0.15) is 36.2 Å². The summed E-state index contributed by atoms with van der Waals surface area (Å²) in [5.41, 5.74) is 0.418. The molecule has 1 aromatic carbocycles. The molecule has 0 radical (unpaired) electrons. The fourth-order valence-corrected chi connectivity index (χ4v) is 3.34. The van der Waals surface area contributed by atoms with Crippen LogP contribution < -0.4 is 10.5 Å². The Labute approximate surface area is 133 Å². The number of furan rings is 1. The van der Waals surface area contributed by atoms with Crippen molar-refractivity contribution < 1.29 is 22.7 Å². The first-order chi connectivity index (χ1) is 10.8. The minimum atomic E-state index is -3.80. The standard InChI is InChI=1S/C15H18N2O5S/c16-23(20,21)12-5-6-13-9(7-12)8-14(22-13)15(19)17-10-1-3-11(18)4-2-10/h5-8,10-11,18H,1-4H2,(H,17,19)(H2,16,20,21). The number of nitrogens with two attached hydrogens (primary N) is 1. The lowest BCUT2D eigenvalue weighted by Gasteiger charge is -2.25. The monoisotopic (exact) mass is 338 g/mol. The third-order valence-electron chi connectivity index (χ3n) is 4.07. The zero-order valence-corrected chi connectivity index (χ0v) is 13.2. The number of aliphatic hydroxyl groups is 1. The third-order valence-corrected chi connectivity index (χ3v) is 4.98. The number of amides is 1. The van der Waals surface area contributed by atoms with Crippen molar-refractivity contribution in [2.24, 2.45) is 5.14 Å². The largest absolute Gasteiger partial charge is 0.451 e. The summed E-state index contributed by atoms with van der Waals surface area (Å²) >= 11 is 0. The van der Waals surface area contributed by atoms with Crippen molar-refractivity contribution in [3.05, 3.63) is 30.0 Å². The summed E-state index contributed by atoms with van der Waals surface area (Å²) < 4.78 is 28.2. The van der Waals surface area contributed by atoms with Crippen LogP contribution >= 0.6 is 0 Å². The lowest BCUT2D eigenvalue weighted by atomic mass is 9.93. The number of rotatable bonds is 3. The van der Waals surface area contributed by atoms with E-state index in [4.69, 9.17) is 9.56 Å². The average Bonchev–Trinajstić information content (AvgIpc) is 2.92. The maximum Gasteiger partial charge on any atom is 0.287 e. The summed E-state index contributed by atoms with van der Waals surface area (Å²) in [6, 6.07) is 5.70. The van der Waals surface area contributed by atoms with Crippen molar-refractivity contribution in [3.63, 3.8) is 0 Å². The highest BCUT2D eigenvalue weighted by Crippen LogP contribution is 2.23. The molecular formula is C15H18N2O5S. The predicted molar refractivity (Wildman–Crippen MR) is 83.3 cm³/mol. The van der Waals surface area contributed by atoms with E-state index in [1.165, 1.54) is 24.3 Å². The summed E-state index contributed by atoms with van der Waals surface area (Å²) in [6.45, 7) is 0. The van der Waals surface area contributed by atoms with Gasteiger partial charge in [-0.1, -0.05) is 0 Å². The van der Waals surface area contributed by atoms with Crippen molar-refractivity contribution in [1.29, 1.82) is 0 Å². The molecule has 0 aliphatic heterocycles. The van der Waals surface area contributed by atoms with Crippen LogP contribution in [-0.4, -0.2) is 31.6 Å². The van der Waals surface area contributed by atoms with Crippen molar-refractivity contribution >= 4 is 26.9 Å². The minimum absolute atomic E-state index is 0.0130. The van der Waals surface area contributed by atoms with Gasteiger partial charge in [0.05, 0.1) is 11.0 Å². The number of benzene rings is 1. The summed E-state index contributed by atoms with van der Waals surface area (Å²) in [4.78, 5) is 12.2. The minimum Gasteiger partial charge on any atom is -0.451 e. The molecule has 1 aromatic heterocycles. The molecule has 8 heteroatoms. The molecule has 0 atom stereocenters. The van der Waals surface area contributed by atoms with Gasteiger partial charge in [0.25, 0.3) is 5.91 Å². The van der Waals surface area contributed by atoms with E-state index in [0.717, 1.165) is 12.8 Å². The van der Waals surface area contributed by atoms with Gasteiger partial charge in [-0.05, 0) is 49.9 Å². The van der Waals surface area contributed by atoms with Crippen LogP contribution in [0.5, 0.6) is 0 Å². The van der Waals surface area contributed by atoms with Gasteiger partial charge < -0.3 is 14.8 Å². The quantitative estimate of drug-likeness (QED) is 0.774. The highest BCUT2D eigenvalue weighted by molar-refractivity contribution is 7.89. The van der Waals surface area contributed by atoms with Crippen LogP contribution in [0.4, 0.5) is 0 Å². The van der Waals surface area contributed by atoms with Gasteiger partial charge >= 0.3 is 0 Å². The first-order valence-corrected chi connectivity index (χ1v) is 8.93. The maximum atomic E-state index is 12.2. The van der Waals surface area contributed by atoms with Crippen molar-refractivity contribution in [3.8, 4) is 0 Å². The van der Waals surface area contributed by atoms with E-state index in [1.807, 2.05) is 0 Å². The molecule has 1 amide bonds. The van der Waals surface area contributed by atoms with Gasteiger partial charge in [0, 0.05) is 11.4 Å². The fourth-order valence-electron chi connectivity index (χ4n) is 2.79. The molecule has 0 unspecified atom stereocenters. The predicted octanol–water partition coefficient (Wildman–Crippen LogP) is 1.11. The normalized spacial score (nSPS) is 22.2. The van der Waals surface area contributed by atoms with Crippen molar-refractivity contribution in [1.82, 2.24) is 5.32 Å².